The standard InChI is InChI=1S/C35H48F2N8O5/c1-20(21-9-11-23(12-10-21)44-19-24(29(41-44)31(36)37)39-33(48)50-35(2,3)4)38-22-15-17-43(18-16-22)25-7-6-8-26-30(25)42(5)34(49)45(26)27-13-14-28(46)40-32(27)47/h6-8,19-23,27,31,38H,9-18H2,1-5H3,(H,39,48)(H,40,46,47). The molecular formula is C35H48F2N8O5. The maximum atomic E-state index is 13.8. The minimum Gasteiger partial charge on any atom is -0.444 e. The first-order chi connectivity index (χ1) is 23.7. The summed E-state index contributed by atoms with van der Waals surface area (Å²) in [5.74, 6) is -0.327. The van der Waals surface area contributed by atoms with Crippen LogP contribution in [0.4, 0.5) is 25.0 Å². The SMILES string of the molecule is CC(NC1CCN(c2cccc3c2n(C)c(=O)n3C2CCC(=O)NC2=O)CC1)C1CCC(n2cc(NC(=O)OC(C)(C)C)c(C(F)F)n2)CC1. The average molecular weight is 699 g/mol. The smallest absolute Gasteiger partial charge is 0.412 e. The first kappa shape index (κ1) is 35.6. The molecule has 1 aromatic carbocycles. The van der Waals surface area contributed by atoms with Crippen LogP contribution in [0.3, 0.4) is 0 Å². The number of amides is 3. The van der Waals surface area contributed by atoms with Crippen LogP contribution < -0.4 is 26.5 Å². The monoisotopic (exact) mass is 698 g/mol. The molecule has 3 aliphatic rings. The van der Waals surface area contributed by atoms with Crippen molar-refractivity contribution in [1.29, 1.82) is 0 Å². The molecule has 2 saturated heterocycles. The van der Waals surface area contributed by atoms with Crippen molar-refractivity contribution in [3.63, 3.8) is 0 Å². The van der Waals surface area contributed by atoms with Gasteiger partial charge >= 0.3 is 11.8 Å². The Hall–Kier alpha value is -4.27. The van der Waals surface area contributed by atoms with E-state index in [0.717, 1.165) is 62.8 Å². The number of imidazole rings is 1. The molecule has 3 N–H and O–H groups in total. The van der Waals surface area contributed by atoms with Gasteiger partial charge in [0, 0.05) is 44.8 Å². The molecule has 2 atom stereocenters. The van der Waals surface area contributed by atoms with Gasteiger partial charge in [-0.15, -0.1) is 0 Å². The van der Waals surface area contributed by atoms with Crippen LogP contribution in [-0.2, 0) is 21.4 Å². The van der Waals surface area contributed by atoms with E-state index in [0.29, 0.717) is 23.9 Å². The molecule has 3 fully saturated rings. The highest BCUT2D eigenvalue weighted by Crippen LogP contribution is 2.37. The van der Waals surface area contributed by atoms with Gasteiger partial charge in [0.05, 0.1) is 28.5 Å². The Balaban J connectivity index is 1.04. The van der Waals surface area contributed by atoms with Crippen LogP contribution in [0.1, 0.15) is 103 Å². The van der Waals surface area contributed by atoms with Crippen molar-refractivity contribution in [3.05, 3.63) is 40.6 Å². The lowest BCUT2D eigenvalue weighted by molar-refractivity contribution is -0.135. The number of hydrogen-bond donors (Lipinski definition) is 3. The van der Waals surface area contributed by atoms with Crippen LogP contribution in [0.5, 0.6) is 0 Å². The fraction of sp³-hybridized carbons (Fsp3) is 0.629. The summed E-state index contributed by atoms with van der Waals surface area (Å²) in [6.07, 6.45) is 3.67. The number of para-hydroxylation sites is 1. The highest BCUT2D eigenvalue weighted by Gasteiger charge is 2.34. The second kappa shape index (κ2) is 14.2. The van der Waals surface area contributed by atoms with Crippen molar-refractivity contribution in [2.24, 2.45) is 13.0 Å². The van der Waals surface area contributed by atoms with Gasteiger partial charge in [-0.05, 0) is 90.7 Å². The zero-order valence-electron chi connectivity index (χ0n) is 29.4. The number of imide groups is 1. The summed E-state index contributed by atoms with van der Waals surface area (Å²) in [4.78, 5) is 52.3. The Kier molecular flexibility index (Phi) is 10.1. The molecule has 0 radical (unpaired) electrons. The highest BCUT2D eigenvalue weighted by atomic mass is 19.3. The maximum absolute atomic E-state index is 13.8. The molecular weight excluding hydrogens is 650 g/mol. The van der Waals surface area contributed by atoms with Gasteiger partial charge in [-0.3, -0.25) is 34.0 Å². The molecule has 2 aromatic heterocycles. The Bertz CT molecular complexity index is 1790. The minimum atomic E-state index is -2.83. The molecule has 13 nitrogen and oxygen atoms in total. The van der Waals surface area contributed by atoms with Gasteiger partial charge in [0.1, 0.15) is 11.6 Å². The lowest BCUT2D eigenvalue weighted by Crippen LogP contribution is -2.48. The van der Waals surface area contributed by atoms with E-state index in [4.69, 9.17) is 4.74 Å². The number of aromatic nitrogens is 4. The number of piperidine rings is 2. The number of benzene rings is 1. The predicted molar refractivity (Wildman–Crippen MR) is 184 cm³/mol. The minimum absolute atomic E-state index is 0.0249. The number of fused-ring (bicyclic) bond motifs is 1. The quantitative estimate of drug-likeness (QED) is 0.273. The van der Waals surface area contributed by atoms with Gasteiger partial charge in [0.25, 0.3) is 6.43 Å². The molecule has 0 bridgehead atoms. The number of nitrogens with zero attached hydrogens (tertiary/aromatic N) is 5. The van der Waals surface area contributed by atoms with E-state index in [1.54, 1.807) is 37.1 Å². The molecule has 0 spiro atoms. The van der Waals surface area contributed by atoms with Crippen LogP contribution >= 0.6 is 0 Å². The number of anilines is 2. The lowest BCUT2D eigenvalue weighted by Gasteiger charge is -2.38. The third-order valence-electron chi connectivity index (χ3n) is 10.4. The van der Waals surface area contributed by atoms with Crippen molar-refractivity contribution in [2.45, 2.75) is 115 Å². The topological polar surface area (TPSA) is 145 Å². The van der Waals surface area contributed by atoms with Crippen molar-refractivity contribution >= 4 is 40.3 Å². The Morgan fingerprint density at radius 2 is 1.74 bits per heavy atom. The predicted octanol–water partition coefficient (Wildman–Crippen LogP) is 5.18. The van der Waals surface area contributed by atoms with Gasteiger partial charge in [-0.25, -0.2) is 18.4 Å². The molecule has 6 rings (SSSR count). The van der Waals surface area contributed by atoms with Gasteiger partial charge in [-0.2, -0.15) is 5.10 Å². The first-order valence-electron chi connectivity index (χ1n) is 17.6. The molecule has 4 heterocycles. The number of rotatable bonds is 8. The van der Waals surface area contributed by atoms with Crippen molar-refractivity contribution in [3.8, 4) is 0 Å². The van der Waals surface area contributed by atoms with Gasteiger partial charge < -0.3 is 15.0 Å². The zero-order chi connectivity index (χ0) is 35.9. The van der Waals surface area contributed by atoms with E-state index in [2.05, 4.69) is 32.9 Å². The molecule has 1 saturated carbocycles. The fourth-order valence-electron chi connectivity index (χ4n) is 7.83. The highest BCUT2D eigenvalue weighted by molar-refractivity contribution is 6.00. The second-order valence-electron chi connectivity index (χ2n) is 14.9. The molecule has 2 aliphatic heterocycles. The van der Waals surface area contributed by atoms with E-state index in [1.165, 1.54) is 10.8 Å². The molecule has 1 aliphatic carbocycles. The summed E-state index contributed by atoms with van der Waals surface area (Å²) in [6, 6.07) is 5.65. The summed E-state index contributed by atoms with van der Waals surface area (Å²) in [6.45, 7) is 8.96. The Morgan fingerprint density at radius 1 is 1.04 bits per heavy atom. The maximum Gasteiger partial charge on any atom is 0.412 e. The van der Waals surface area contributed by atoms with Gasteiger partial charge in [-0.1, -0.05) is 6.07 Å². The van der Waals surface area contributed by atoms with Crippen LogP contribution in [-0.4, -0.2) is 67.6 Å². The summed E-state index contributed by atoms with van der Waals surface area (Å²) in [5.41, 5.74) is 0.912. The zero-order valence-corrected chi connectivity index (χ0v) is 29.4. The van der Waals surface area contributed by atoms with Crippen LogP contribution in [0.15, 0.2) is 29.2 Å². The Morgan fingerprint density at radius 3 is 2.38 bits per heavy atom. The summed E-state index contributed by atoms with van der Waals surface area (Å²) in [5, 5.41) is 12.8. The normalized spacial score (nSPS) is 23.0. The number of alkyl halides is 2. The van der Waals surface area contributed by atoms with Gasteiger partial charge in [0.2, 0.25) is 11.8 Å². The van der Waals surface area contributed by atoms with Crippen molar-refractivity contribution in [2.75, 3.05) is 23.3 Å². The van der Waals surface area contributed by atoms with Crippen molar-refractivity contribution < 1.29 is 27.9 Å². The van der Waals surface area contributed by atoms with Crippen LogP contribution in [0, 0.1) is 5.92 Å². The van der Waals surface area contributed by atoms with E-state index < -0.39 is 35.8 Å². The van der Waals surface area contributed by atoms with Crippen molar-refractivity contribution in [1.82, 2.24) is 29.5 Å². The number of carbonyl (C=O) groups excluding carboxylic acids is 3. The summed E-state index contributed by atoms with van der Waals surface area (Å²) < 4.78 is 37.5. The molecule has 3 aromatic rings. The molecule has 50 heavy (non-hydrogen) atoms. The molecule has 272 valence electrons. The lowest BCUT2D eigenvalue weighted by atomic mass is 9.81. The third kappa shape index (κ3) is 7.42. The van der Waals surface area contributed by atoms with E-state index in [9.17, 15) is 28.0 Å². The van der Waals surface area contributed by atoms with E-state index in [-0.39, 0.29) is 35.8 Å². The number of halogens is 2. The number of carbonyl (C=O) groups is 3. The fourth-order valence-corrected chi connectivity index (χ4v) is 7.83. The van der Waals surface area contributed by atoms with Crippen LogP contribution in [0.25, 0.3) is 11.0 Å². The molecule has 3 amide bonds. The number of hydrogen-bond acceptors (Lipinski definition) is 8. The summed E-state index contributed by atoms with van der Waals surface area (Å²) in [7, 11) is 1.73. The molecule has 2 unspecified atom stereocenters. The first-order valence-corrected chi connectivity index (χ1v) is 17.6. The van der Waals surface area contributed by atoms with E-state index >= 15 is 0 Å². The second-order valence-corrected chi connectivity index (χ2v) is 14.9. The van der Waals surface area contributed by atoms with Gasteiger partial charge in [0.15, 0.2) is 5.69 Å². The van der Waals surface area contributed by atoms with Crippen LogP contribution in [0.2, 0.25) is 0 Å². The summed E-state index contributed by atoms with van der Waals surface area (Å²) >= 11 is 0. The molecule has 15 heteroatoms. The number of nitrogens with one attached hydrogen (secondary N) is 3. The number of aryl methyl sites for hydroxylation is 1. The average Bonchev–Trinajstić information content (AvgIpc) is 3.59. The number of ether oxygens (including phenoxy) is 1. The third-order valence-corrected chi connectivity index (χ3v) is 10.4. The Labute approximate surface area is 289 Å². The van der Waals surface area contributed by atoms with E-state index in [1.807, 2.05) is 18.2 Å². The largest absolute Gasteiger partial charge is 0.444 e.